The van der Waals surface area contributed by atoms with E-state index in [0.717, 1.165) is 19.4 Å². The molecular formula is C18H24N2O. The number of carbonyl (C=O) groups excluding carboxylic acids is 1. The second-order valence-corrected chi connectivity index (χ2v) is 7.22. The molecule has 1 aliphatic heterocycles. The highest BCUT2D eigenvalue weighted by Gasteiger charge is 2.60. The van der Waals surface area contributed by atoms with Crippen molar-refractivity contribution in [3.05, 3.63) is 35.9 Å². The van der Waals surface area contributed by atoms with Crippen molar-refractivity contribution in [3.8, 4) is 0 Å². The molecule has 112 valence electrons. The SMILES string of the molecule is CCCC1(CN2C(=O)C3(CC3)NC2c2ccccc2)CC1. The van der Waals surface area contributed by atoms with E-state index in [-0.39, 0.29) is 11.7 Å². The number of rotatable bonds is 5. The van der Waals surface area contributed by atoms with E-state index in [1.165, 1.54) is 31.2 Å². The highest BCUT2D eigenvalue weighted by molar-refractivity contribution is 5.92. The molecule has 0 bridgehead atoms. The van der Waals surface area contributed by atoms with E-state index in [2.05, 4.69) is 41.4 Å². The maximum absolute atomic E-state index is 12.8. The molecule has 1 atom stereocenters. The molecule has 1 aromatic rings. The first kappa shape index (κ1) is 13.3. The second kappa shape index (κ2) is 4.57. The van der Waals surface area contributed by atoms with Crippen LogP contribution in [-0.4, -0.2) is 22.9 Å². The Kier molecular flexibility index (Phi) is 2.90. The van der Waals surface area contributed by atoms with Crippen molar-refractivity contribution in [1.29, 1.82) is 0 Å². The summed E-state index contributed by atoms with van der Waals surface area (Å²) in [7, 11) is 0. The van der Waals surface area contributed by atoms with Crippen LogP contribution in [-0.2, 0) is 4.79 Å². The van der Waals surface area contributed by atoms with Crippen LogP contribution in [0.15, 0.2) is 30.3 Å². The van der Waals surface area contributed by atoms with E-state index >= 15 is 0 Å². The van der Waals surface area contributed by atoms with E-state index in [9.17, 15) is 4.79 Å². The number of benzene rings is 1. The Morgan fingerprint density at radius 2 is 1.90 bits per heavy atom. The molecule has 21 heavy (non-hydrogen) atoms. The summed E-state index contributed by atoms with van der Waals surface area (Å²) in [6.45, 7) is 3.19. The van der Waals surface area contributed by atoms with Crippen LogP contribution in [0.5, 0.6) is 0 Å². The van der Waals surface area contributed by atoms with Crippen molar-refractivity contribution in [2.24, 2.45) is 5.41 Å². The lowest BCUT2D eigenvalue weighted by Gasteiger charge is -2.29. The van der Waals surface area contributed by atoms with E-state index < -0.39 is 0 Å². The Bertz CT molecular complexity index is 546. The zero-order valence-electron chi connectivity index (χ0n) is 12.8. The molecule has 3 nitrogen and oxygen atoms in total. The molecule has 1 N–H and O–H groups in total. The molecule has 4 rings (SSSR count). The maximum atomic E-state index is 12.8. The van der Waals surface area contributed by atoms with E-state index in [0.29, 0.717) is 11.3 Å². The number of nitrogens with zero attached hydrogens (tertiary/aromatic N) is 1. The Morgan fingerprint density at radius 1 is 1.19 bits per heavy atom. The van der Waals surface area contributed by atoms with Gasteiger partial charge in [-0.05, 0) is 43.1 Å². The van der Waals surface area contributed by atoms with E-state index in [1.807, 2.05) is 6.07 Å². The summed E-state index contributed by atoms with van der Waals surface area (Å²) in [4.78, 5) is 15.0. The van der Waals surface area contributed by atoms with Gasteiger partial charge in [0.25, 0.3) is 0 Å². The minimum Gasteiger partial charge on any atom is -0.321 e. The largest absolute Gasteiger partial charge is 0.321 e. The summed E-state index contributed by atoms with van der Waals surface area (Å²) >= 11 is 0. The van der Waals surface area contributed by atoms with Crippen molar-refractivity contribution < 1.29 is 4.79 Å². The normalized spacial score (nSPS) is 28.1. The Morgan fingerprint density at radius 3 is 2.48 bits per heavy atom. The monoisotopic (exact) mass is 284 g/mol. The molecule has 3 aliphatic rings. The number of hydrogen-bond donors (Lipinski definition) is 1. The van der Waals surface area contributed by atoms with Crippen LogP contribution < -0.4 is 5.32 Å². The summed E-state index contributed by atoms with van der Waals surface area (Å²) in [5.74, 6) is 0.346. The van der Waals surface area contributed by atoms with Crippen molar-refractivity contribution in [1.82, 2.24) is 10.2 Å². The molecule has 1 unspecified atom stereocenters. The van der Waals surface area contributed by atoms with Gasteiger partial charge in [-0.25, -0.2) is 0 Å². The predicted molar refractivity (Wildman–Crippen MR) is 82.6 cm³/mol. The highest BCUT2D eigenvalue weighted by Crippen LogP contribution is 2.53. The van der Waals surface area contributed by atoms with E-state index in [4.69, 9.17) is 0 Å². The number of carbonyl (C=O) groups is 1. The molecular weight excluding hydrogens is 260 g/mol. The Hall–Kier alpha value is -1.35. The van der Waals surface area contributed by atoms with Crippen LogP contribution in [0.25, 0.3) is 0 Å². The van der Waals surface area contributed by atoms with Crippen molar-refractivity contribution in [3.63, 3.8) is 0 Å². The third-order valence-electron chi connectivity index (χ3n) is 5.50. The first-order valence-electron chi connectivity index (χ1n) is 8.32. The van der Waals surface area contributed by atoms with Gasteiger partial charge in [-0.15, -0.1) is 0 Å². The van der Waals surface area contributed by atoms with Gasteiger partial charge in [-0.1, -0.05) is 43.7 Å². The van der Waals surface area contributed by atoms with Crippen molar-refractivity contribution >= 4 is 5.91 Å². The molecule has 3 heteroatoms. The van der Waals surface area contributed by atoms with Gasteiger partial charge < -0.3 is 4.90 Å². The summed E-state index contributed by atoms with van der Waals surface area (Å²) in [6, 6.07) is 10.4. The third-order valence-corrected chi connectivity index (χ3v) is 5.50. The van der Waals surface area contributed by atoms with Crippen LogP contribution in [0, 0.1) is 5.41 Å². The summed E-state index contributed by atoms with van der Waals surface area (Å²) in [5.41, 5.74) is 1.42. The molecule has 1 heterocycles. The average Bonchev–Trinajstić information content (AvgIpc) is 3.40. The highest BCUT2D eigenvalue weighted by atomic mass is 16.2. The number of hydrogen-bond acceptors (Lipinski definition) is 2. The zero-order valence-corrected chi connectivity index (χ0v) is 12.8. The molecule has 2 saturated carbocycles. The second-order valence-electron chi connectivity index (χ2n) is 7.22. The lowest BCUT2D eigenvalue weighted by Crippen LogP contribution is -2.36. The van der Waals surface area contributed by atoms with Gasteiger partial charge in [-0.3, -0.25) is 10.1 Å². The van der Waals surface area contributed by atoms with Crippen LogP contribution in [0.1, 0.15) is 57.2 Å². The van der Waals surface area contributed by atoms with Gasteiger partial charge in [0.1, 0.15) is 11.7 Å². The predicted octanol–water partition coefficient (Wildman–Crippen LogP) is 3.23. The lowest BCUT2D eigenvalue weighted by molar-refractivity contribution is -0.131. The fourth-order valence-corrected chi connectivity index (χ4v) is 3.89. The smallest absolute Gasteiger partial charge is 0.244 e. The molecule has 0 aromatic heterocycles. The lowest BCUT2D eigenvalue weighted by atomic mass is 9.99. The van der Waals surface area contributed by atoms with Gasteiger partial charge in [0, 0.05) is 6.54 Å². The summed E-state index contributed by atoms with van der Waals surface area (Å²) < 4.78 is 0. The van der Waals surface area contributed by atoms with Gasteiger partial charge >= 0.3 is 0 Å². The third kappa shape index (κ3) is 2.18. The quantitative estimate of drug-likeness (QED) is 0.900. The van der Waals surface area contributed by atoms with Crippen LogP contribution in [0.3, 0.4) is 0 Å². The molecule has 2 aliphatic carbocycles. The fraction of sp³-hybridized carbons (Fsp3) is 0.611. The fourth-order valence-electron chi connectivity index (χ4n) is 3.89. The summed E-state index contributed by atoms with van der Waals surface area (Å²) in [6.07, 6.45) is 7.15. The average molecular weight is 284 g/mol. The zero-order chi connectivity index (χ0) is 14.5. The Balaban J connectivity index is 1.60. The number of nitrogens with one attached hydrogen (secondary N) is 1. The first-order valence-corrected chi connectivity index (χ1v) is 8.32. The molecule has 1 spiro atoms. The maximum Gasteiger partial charge on any atom is 0.244 e. The van der Waals surface area contributed by atoms with Crippen LogP contribution in [0.4, 0.5) is 0 Å². The molecule has 1 saturated heterocycles. The van der Waals surface area contributed by atoms with Gasteiger partial charge in [0.2, 0.25) is 5.91 Å². The van der Waals surface area contributed by atoms with Crippen molar-refractivity contribution in [2.45, 2.75) is 57.2 Å². The molecule has 1 aromatic carbocycles. The van der Waals surface area contributed by atoms with Crippen LogP contribution >= 0.6 is 0 Å². The van der Waals surface area contributed by atoms with Gasteiger partial charge in [-0.2, -0.15) is 0 Å². The topological polar surface area (TPSA) is 32.3 Å². The van der Waals surface area contributed by atoms with Gasteiger partial charge in [0.05, 0.1) is 0 Å². The minimum atomic E-state index is -0.219. The number of amides is 1. The summed E-state index contributed by atoms with van der Waals surface area (Å²) in [5, 5.41) is 3.63. The van der Waals surface area contributed by atoms with E-state index in [1.54, 1.807) is 0 Å². The Labute approximate surface area is 126 Å². The molecule has 3 fully saturated rings. The van der Waals surface area contributed by atoms with Crippen LogP contribution in [0.2, 0.25) is 0 Å². The molecule has 1 amide bonds. The van der Waals surface area contributed by atoms with Gasteiger partial charge in [0.15, 0.2) is 0 Å². The molecule has 0 radical (unpaired) electrons. The first-order chi connectivity index (χ1) is 10.2. The minimum absolute atomic E-state index is 0.0792. The van der Waals surface area contributed by atoms with Crippen molar-refractivity contribution in [2.75, 3.05) is 6.54 Å². The standard InChI is InChI=1S/C18H24N2O/c1-2-8-17(9-10-17)13-20-15(14-6-4-3-5-7-14)19-18(11-12-18)16(20)21/h3-7,15,19H,2,8-13H2,1H3.